The van der Waals surface area contributed by atoms with E-state index >= 15 is 0 Å². The smallest absolute Gasteiger partial charge is 0.249 e. The normalized spacial score (nSPS) is 17.8. The molecule has 1 amide bonds. The Labute approximate surface area is 185 Å². The summed E-state index contributed by atoms with van der Waals surface area (Å²) in [5, 5.41) is 0.743. The van der Waals surface area contributed by atoms with Crippen LogP contribution in [0.3, 0.4) is 0 Å². The lowest BCUT2D eigenvalue weighted by molar-refractivity contribution is 0.100. The molecule has 5 rings (SSSR count). The highest BCUT2D eigenvalue weighted by Crippen LogP contribution is 2.40. The number of anilines is 1. The van der Waals surface area contributed by atoms with E-state index in [1.165, 1.54) is 6.42 Å². The molecule has 0 saturated heterocycles. The Morgan fingerprint density at radius 1 is 0.969 bits per heavy atom. The highest BCUT2D eigenvalue weighted by molar-refractivity contribution is 6.07. The van der Waals surface area contributed by atoms with Crippen LogP contribution in [0.1, 0.15) is 42.5 Å². The second-order valence-electron chi connectivity index (χ2n) is 8.30. The summed E-state index contributed by atoms with van der Waals surface area (Å²) in [6.45, 7) is 0. The predicted octanol–water partition coefficient (Wildman–Crippen LogP) is 3.11. The quantitative estimate of drug-likeness (QED) is 0.590. The SMILES string of the molecule is NC(=O)c1cc(-c2ccc(N3C(N)=NC(N)=NC34CCCCC4)cc2)nc2ccccc12. The van der Waals surface area contributed by atoms with Gasteiger partial charge in [-0.3, -0.25) is 9.69 Å². The fraction of sp³-hybridized carbons (Fsp3) is 0.250. The van der Waals surface area contributed by atoms with Crippen LogP contribution >= 0.6 is 0 Å². The zero-order chi connectivity index (χ0) is 22.3. The van der Waals surface area contributed by atoms with Crippen molar-refractivity contribution in [1.29, 1.82) is 0 Å². The predicted molar refractivity (Wildman–Crippen MR) is 127 cm³/mol. The lowest BCUT2D eigenvalue weighted by Gasteiger charge is -2.45. The van der Waals surface area contributed by atoms with Crippen LogP contribution in [0, 0.1) is 0 Å². The molecule has 0 radical (unpaired) electrons. The van der Waals surface area contributed by atoms with Crippen molar-refractivity contribution in [3.8, 4) is 11.3 Å². The van der Waals surface area contributed by atoms with E-state index in [0.717, 1.165) is 47.8 Å². The Balaban J connectivity index is 1.55. The summed E-state index contributed by atoms with van der Waals surface area (Å²) in [6, 6.07) is 17.1. The molecule has 8 nitrogen and oxygen atoms in total. The molecule has 162 valence electrons. The topological polar surface area (TPSA) is 136 Å². The fourth-order valence-electron chi connectivity index (χ4n) is 4.80. The van der Waals surface area contributed by atoms with Crippen molar-refractivity contribution in [2.24, 2.45) is 27.2 Å². The van der Waals surface area contributed by atoms with E-state index in [2.05, 4.69) is 4.99 Å². The second kappa shape index (κ2) is 7.64. The number of hydrogen-bond acceptors (Lipinski definition) is 7. The summed E-state index contributed by atoms with van der Waals surface area (Å²) in [7, 11) is 0. The number of carbonyl (C=O) groups excluding carboxylic acids is 1. The summed E-state index contributed by atoms with van der Waals surface area (Å²) in [6.07, 6.45) is 5.06. The van der Waals surface area contributed by atoms with E-state index in [9.17, 15) is 4.79 Å². The number of carbonyl (C=O) groups is 1. The maximum atomic E-state index is 12.0. The Bertz CT molecular complexity index is 1260. The zero-order valence-corrected chi connectivity index (χ0v) is 17.7. The summed E-state index contributed by atoms with van der Waals surface area (Å²) < 4.78 is 0. The zero-order valence-electron chi connectivity index (χ0n) is 17.7. The number of aliphatic imine (C=N–C) groups is 2. The van der Waals surface area contributed by atoms with E-state index < -0.39 is 11.6 Å². The number of nitrogens with zero attached hydrogens (tertiary/aromatic N) is 4. The third-order valence-corrected chi connectivity index (χ3v) is 6.25. The largest absolute Gasteiger partial charge is 0.369 e. The van der Waals surface area contributed by atoms with E-state index in [0.29, 0.717) is 17.2 Å². The number of primary amides is 1. The number of aromatic nitrogens is 1. The lowest BCUT2D eigenvalue weighted by atomic mass is 9.87. The molecule has 0 bridgehead atoms. The van der Waals surface area contributed by atoms with Crippen molar-refractivity contribution in [2.45, 2.75) is 37.8 Å². The molecule has 1 spiro atoms. The van der Waals surface area contributed by atoms with E-state index in [4.69, 9.17) is 27.2 Å². The van der Waals surface area contributed by atoms with Crippen LogP contribution in [0.25, 0.3) is 22.2 Å². The third-order valence-electron chi connectivity index (χ3n) is 6.25. The lowest BCUT2D eigenvalue weighted by Crippen LogP contribution is -2.58. The van der Waals surface area contributed by atoms with Gasteiger partial charge in [0.05, 0.1) is 16.8 Å². The first-order valence-electron chi connectivity index (χ1n) is 10.8. The van der Waals surface area contributed by atoms with Crippen LogP contribution in [0.2, 0.25) is 0 Å². The molecule has 1 aliphatic heterocycles. The van der Waals surface area contributed by atoms with Crippen LogP contribution in [-0.4, -0.2) is 28.5 Å². The van der Waals surface area contributed by atoms with Gasteiger partial charge >= 0.3 is 0 Å². The molecule has 1 fully saturated rings. The highest BCUT2D eigenvalue weighted by Gasteiger charge is 2.42. The van der Waals surface area contributed by atoms with Crippen molar-refractivity contribution in [1.82, 2.24) is 4.98 Å². The Hall–Kier alpha value is -3.94. The van der Waals surface area contributed by atoms with Crippen LogP contribution < -0.4 is 22.1 Å². The molecule has 1 aromatic heterocycles. The average molecular weight is 428 g/mol. The van der Waals surface area contributed by atoms with Crippen LogP contribution in [0.15, 0.2) is 64.6 Å². The van der Waals surface area contributed by atoms with Crippen LogP contribution in [0.4, 0.5) is 5.69 Å². The number of para-hydroxylation sites is 1. The molecule has 3 aromatic rings. The molecular weight excluding hydrogens is 402 g/mol. The van der Waals surface area contributed by atoms with Gasteiger partial charge in [-0.25, -0.2) is 9.98 Å². The van der Waals surface area contributed by atoms with E-state index in [-0.39, 0.29) is 5.96 Å². The summed E-state index contributed by atoms with van der Waals surface area (Å²) in [5.74, 6) is 0.108. The molecule has 0 atom stereocenters. The molecule has 32 heavy (non-hydrogen) atoms. The number of hydrogen-bond donors (Lipinski definition) is 3. The summed E-state index contributed by atoms with van der Waals surface area (Å²) in [4.78, 5) is 27.7. The van der Waals surface area contributed by atoms with Gasteiger partial charge < -0.3 is 17.2 Å². The maximum absolute atomic E-state index is 12.0. The Morgan fingerprint density at radius 3 is 2.41 bits per heavy atom. The molecule has 2 heterocycles. The molecular formula is C24H25N7O. The van der Waals surface area contributed by atoms with Crippen molar-refractivity contribution in [3.63, 3.8) is 0 Å². The first-order valence-corrected chi connectivity index (χ1v) is 10.8. The number of benzene rings is 2. The van der Waals surface area contributed by atoms with Gasteiger partial charge in [0, 0.05) is 16.6 Å². The maximum Gasteiger partial charge on any atom is 0.249 e. The molecule has 0 unspecified atom stereocenters. The number of rotatable bonds is 3. The van der Waals surface area contributed by atoms with Gasteiger partial charge in [0.25, 0.3) is 0 Å². The Kier molecular flexibility index (Phi) is 4.77. The van der Waals surface area contributed by atoms with E-state index in [1.807, 2.05) is 53.4 Å². The van der Waals surface area contributed by atoms with Gasteiger partial charge in [-0.15, -0.1) is 0 Å². The first-order chi connectivity index (χ1) is 15.5. The second-order valence-corrected chi connectivity index (χ2v) is 8.30. The summed E-state index contributed by atoms with van der Waals surface area (Å²) in [5.41, 5.74) is 21.0. The van der Waals surface area contributed by atoms with Gasteiger partial charge in [0.1, 0.15) is 5.66 Å². The third kappa shape index (κ3) is 3.33. The number of pyridine rings is 1. The van der Waals surface area contributed by atoms with Gasteiger partial charge in [-0.1, -0.05) is 36.8 Å². The molecule has 2 aliphatic rings. The minimum Gasteiger partial charge on any atom is -0.369 e. The van der Waals surface area contributed by atoms with Gasteiger partial charge in [-0.2, -0.15) is 4.99 Å². The van der Waals surface area contributed by atoms with Crippen molar-refractivity contribution >= 4 is 34.4 Å². The van der Waals surface area contributed by atoms with Crippen molar-refractivity contribution in [2.75, 3.05) is 4.90 Å². The molecule has 6 N–H and O–H groups in total. The van der Waals surface area contributed by atoms with Crippen molar-refractivity contribution in [3.05, 3.63) is 60.2 Å². The minimum atomic E-state index is -0.490. The van der Waals surface area contributed by atoms with Crippen LogP contribution in [-0.2, 0) is 0 Å². The standard InChI is InChI=1S/C24H25N7O/c25-21(32)18-14-20(28-19-7-3-2-6-17(18)19)15-8-10-16(11-9-15)31-23(27)29-22(26)30-24(31)12-4-1-5-13-24/h2-3,6-11,14H,1,4-5,12-13H2,(H2,25,32)(H4,26,27,29,30). The van der Waals surface area contributed by atoms with E-state index in [1.54, 1.807) is 6.07 Å². The minimum absolute atomic E-state index is 0.233. The highest BCUT2D eigenvalue weighted by atomic mass is 16.1. The molecule has 2 aromatic carbocycles. The van der Waals surface area contributed by atoms with Gasteiger partial charge in [0.15, 0.2) is 0 Å². The molecule has 8 heteroatoms. The Morgan fingerprint density at radius 2 is 1.69 bits per heavy atom. The first kappa shape index (κ1) is 20.0. The number of amides is 1. The number of nitrogens with two attached hydrogens (primary N) is 3. The fourth-order valence-corrected chi connectivity index (χ4v) is 4.80. The van der Waals surface area contributed by atoms with Crippen LogP contribution in [0.5, 0.6) is 0 Å². The average Bonchev–Trinajstić information content (AvgIpc) is 2.78. The van der Waals surface area contributed by atoms with Gasteiger partial charge in [-0.05, 0) is 49.9 Å². The summed E-state index contributed by atoms with van der Waals surface area (Å²) >= 11 is 0. The monoisotopic (exact) mass is 427 g/mol. The number of guanidine groups is 2. The number of fused-ring (bicyclic) bond motifs is 1. The molecule has 1 aliphatic carbocycles. The molecule has 1 saturated carbocycles. The van der Waals surface area contributed by atoms with Crippen molar-refractivity contribution < 1.29 is 4.79 Å². The van der Waals surface area contributed by atoms with Gasteiger partial charge in [0.2, 0.25) is 17.8 Å².